The standard InChI is InChI=1S/C21H22N4O2S/c1-28(2,27)17-5-3-4-15(12-17)13-20(26)25-11-8-19-18(14-25)21(24-23-19)16-6-9-22-10-7-16/h3-7,9-10,12H,1,8,11,13-14H2,2H3,(H,23,24). The van der Waals surface area contributed by atoms with E-state index >= 15 is 0 Å². The number of pyridine rings is 1. The number of H-pyrrole nitrogens is 1. The molecule has 1 N–H and O–H groups in total. The SMILES string of the molecule is C=S(C)(=O)c1cccc(CC(=O)N2CCc3[nH]nc(-c4ccncc4)c3C2)c1. The highest BCUT2D eigenvalue weighted by atomic mass is 32.2. The fraction of sp³-hybridized carbons (Fsp3) is 0.238. The molecule has 0 saturated heterocycles. The van der Waals surface area contributed by atoms with E-state index in [1.807, 2.05) is 35.2 Å². The minimum absolute atomic E-state index is 0.0522. The van der Waals surface area contributed by atoms with E-state index in [2.05, 4.69) is 21.1 Å². The quantitative estimate of drug-likeness (QED) is 0.689. The van der Waals surface area contributed by atoms with E-state index in [4.69, 9.17) is 0 Å². The van der Waals surface area contributed by atoms with Gasteiger partial charge in [0, 0.05) is 59.9 Å². The molecular formula is C21H22N4O2S. The Morgan fingerprint density at radius 1 is 1.29 bits per heavy atom. The van der Waals surface area contributed by atoms with Crippen molar-refractivity contribution in [1.29, 1.82) is 0 Å². The normalized spacial score (nSPS) is 15.7. The Morgan fingerprint density at radius 3 is 2.82 bits per heavy atom. The van der Waals surface area contributed by atoms with Crippen molar-refractivity contribution in [3.8, 4) is 11.3 Å². The van der Waals surface area contributed by atoms with Crippen LogP contribution in [0.5, 0.6) is 0 Å². The molecule has 3 heterocycles. The van der Waals surface area contributed by atoms with Gasteiger partial charge in [-0.3, -0.25) is 19.1 Å². The van der Waals surface area contributed by atoms with Crippen molar-refractivity contribution in [2.75, 3.05) is 12.8 Å². The van der Waals surface area contributed by atoms with Gasteiger partial charge >= 0.3 is 0 Å². The summed E-state index contributed by atoms with van der Waals surface area (Å²) in [4.78, 5) is 19.5. The van der Waals surface area contributed by atoms with Crippen LogP contribution in [0.3, 0.4) is 0 Å². The van der Waals surface area contributed by atoms with Crippen LogP contribution in [0.1, 0.15) is 16.8 Å². The van der Waals surface area contributed by atoms with Crippen molar-refractivity contribution in [2.24, 2.45) is 0 Å². The molecule has 0 saturated carbocycles. The first kappa shape index (κ1) is 18.4. The number of rotatable bonds is 4. The first-order valence-corrected chi connectivity index (χ1v) is 11.2. The Labute approximate surface area is 164 Å². The molecule has 1 atom stereocenters. The monoisotopic (exact) mass is 394 g/mol. The van der Waals surface area contributed by atoms with E-state index in [1.165, 1.54) is 0 Å². The van der Waals surface area contributed by atoms with Crippen LogP contribution in [0, 0.1) is 0 Å². The number of carbonyl (C=O) groups is 1. The maximum absolute atomic E-state index is 12.9. The summed E-state index contributed by atoms with van der Waals surface area (Å²) in [6, 6.07) is 11.2. The molecule has 1 unspecified atom stereocenters. The largest absolute Gasteiger partial charge is 0.338 e. The molecule has 144 valence electrons. The first-order valence-electron chi connectivity index (χ1n) is 9.07. The number of aromatic nitrogens is 3. The molecule has 0 fully saturated rings. The number of amides is 1. The zero-order chi connectivity index (χ0) is 19.7. The van der Waals surface area contributed by atoms with Crippen molar-refractivity contribution in [3.63, 3.8) is 0 Å². The molecule has 3 aromatic rings. The van der Waals surface area contributed by atoms with Crippen molar-refractivity contribution in [3.05, 3.63) is 65.6 Å². The number of benzene rings is 1. The number of aromatic amines is 1. The summed E-state index contributed by atoms with van der Waals surface area (Å²) < 4.78 is 12.2. The van der Waals surface area contributed by atoms with E-state index in [0.717, 1.165) is 34.5 Å². The smallest absolute Gasteiger partial charge is 0.227 e. The van der Waals surface area contributed by atoms with E-state index in [1.54, 1.807) is 24.7 Å². The molecule has 7 heteroatoms. The molecule has 1 amide bonds. The van der Waals surface area contributed by atoms with Gasteiger partial charge in [0.25, 0.3) is 0 Å². The fourth-order valence-electron chi connectivity index (χ4n) is 3.47. The molecule has 0 radical (unpaired) electrons. The van der Waals surface area contributed by atoms with Gasteiger partial charge in [0.15, 0.2) is 0 Å². The lowest BCUT2D eigenvalue weighted by Gasteiger charge is -2.27. The molecule has 1 aromatic carbocycles. The lowest BCUT2D eigenvalue weighted by atomic mass is 10.0. The number of hydrogen-bond acceptors (Lipinski definition) is 4. The summed E-state index contributed by atoms with van der Waals surface area (Å²) in [6.45, 7) is 1.19. The molecule has 0 spiro atoms. The number of fused-ring (bicyclic) bond motifs is 1. The fourth-order valence-corrected chi connectivity index (χ4v) is 4.23. The maximum atomic E-state index is 12.9. The highest BCUT2D eigenvalue weighted by Gasteiger charge is 2.25. The lowest BCUT2D eigenvalue weighted by Crippen LogP contribution is -2.36. The first-order chi connectivity index (χ1) is 13.4. The van der Waals surface area contributed by atoms with E-state index in [-0.39, 0.29) is 12.3 Å². The molecule has 0 bridgehead atoms. The van der Waals surface area contributed by atoms with Crippen LogP contribution >= 0.6 is 0 Å². The number of nitrogens with zero attached hydrogens (tertiary/aromatic N) is 3. The summed E-state index contributed by atoms with van der Waals surface area (Å²) in [5.74, 6) is 3.78. The zero-order valence-corrected chi connectivity index (χ0v) is 16.5. The molecule has 4 rings (SSSR count). The second-order valence-electron chi connectivity index (χ2n) is 7.16. The summed E-state index contributed by atoms with van der Waals surface area (Å²) in [5, 5.41) is 7.57. The Kier molecular flexibility index (Phi) is 4.77. The number of carbonyl (C=O) groups excluding carboxylic acids is 1. The summed E-state index contributed by atoms with van der Waals surface area (Å²) in [7, 11) is -2.30. The Hall–Kier alpha value is -2.93. The number of nitrogens with one attached hydrogen (secondary N) is 1. The average molecular weight is 395 g/mol. The minimum atomic E-state index is -2.30. The van der Waals surface area contributed by atoms with Gasteiger partial charge in [-0.15, -0.1) is 0 Å². The van der Waals surface area contributed by atoms with Crippen LogP contribution in [0.4, 0.5) is 0 Å². The Bertz CT molecular complexity index is 1120. The third-order valence-electron chi connectivity index (χ3n) is 4.99. The topological polar surface area (TPSA) is 79.0 Å². The van der Waals surface area contributed by atoms with Crippen LogP contribution in [-0.4, -0.2) is 48.9 Å². The van der Waals surface area contributed by atoms with Gasteiger partial charge in [0.1, 0.15) is 0 Å². The molecule has 1 aliphatic heterocycles. The zero-order valence-electron chi connectivity index (χ0n) is 15.7. The Balaban J connectivity index is 1.53. The number of hydrogen-bond donors (Lipinski definition) is 1. The van der Waals surface area contributed by atoms with Crippen LogP contribution in [0.15, 0.2) is 53.7 Å². The minimum Gasteiger partial charge on any atom is -0.338 e. The predicted molar refractivity (Wildman–Crippen MR) is 111 cm³/mol. The van der Waals surface area contributed by atoms with Gasteiger partial charge in [-0.05, 0) is 45.2 Å². The van der Waals surface area contributed by atoms with Gasteiger partial charge in [0.05, 0.1) is 12.1 Å². The molecule has 28 heavy (non-hydrogen) atoms. The predicted octanol–water partition coefficient (Wildman–Crippen LogP) is 2.30. The second-order valence-corrected chi connectivity index (χ2v) is 9.64. The van der Waals surface area contributed by atoms with Crippen molar-refractivity contribution >= 4 is 21.3 Å². The van der Waals surface area contributed by atoms with E-state index in [0.29, 0.717) is 18.0 Å². The van der Waals surface area contributed by atoms with Crippen LogP contribution in [0.2, 0.25) is 0 Å². The highest BCUT2D eigenvalue weighted by molar-refractivity contribution is 7.99. The maximum Gasteiger partial charge on any atom is 0.227 e. The van der Waals surface area contributed by atoms with Gasteiger partial charge in [0.2, 0.25) is 5.91 Å². The summed E-state index contributed by atoms with van der Waals surface area (Å²) in [5.41, 5.74) is 4.87. The van der Waals surface area contributed by atoms with Gasteiger partial charge in [-0.25, -0.2) is 0 Å². The van der Waals surface area contributed by atoms with E-state index in [9.17, 15) is 9.00 Å². The van der Waals surface area contributed by atoms with Crippen LogP contribution < -0.4 is 0 Å². The molecule has 0 aliphatic carbocycles. The molecule has 6 nitrogen and oxygen atoms in total. The average Bonchev–Trinajstić information content (AvgIpc) is 3.11. The van der Waals surface area contributed by atoms with Crippen molar-refractivity contribution < 1.29 is 9.00 Å². The third kappa shape index (κ3) is 3.71. The summed E-state index contributed by atoms with van der Waals surface area (Å²) >= 11 is 0. The Morgan fingerprint density at radius 2 is 2.07 bits per heavy atom. The summed E-state index contributed by atoms with van der Waals surface area (Å²) in [6.07, 6.45) is 6.12. The van der Waals surface area contributed by atoms with Gasteiger partial charge in [-0.2, -0.15) is 5.10 Å². The van der Waals surface area contributed by atoms with Crippen molar-refractivity contribution in [2.45, 2.75) is 24.3 Å². The second kappa shape index (κ2) is 7.24. The van der Waals surface area contributed by atoms with Gasteiger partial charge < -0.3 is 4.90 Å². The van der Waals surface area contributed by atoms with Crippen LogP contribution in [-0.2, 0) is 33.7 Å². The molecule has 1 aliphatic rings. The lowest BCUT2D eigenvalue weighted by molar-refractivity contribution is -0.131. The van der Waals surface area contributed by atoms with Crippen LogP contribution in [0.25, 0.3) is 11.3 Å². The van der Waals surface area contributed by atoms with Crippen molar-refractivity contribution in [1.82, 2.24) is 20.1 Å². The molecular weight excluding hydrogens is 372 g/mol. The molecule has 2 aromatic heterocycles. The highest BCUT2D eigenvalue weighted by Crippen LogP contribution is 2.28. The third-order valence-corrected chi connectivity index (χ3v) is 6.24. The van der Waals surface area contributed by atoms with Gasteiger partial charge in [-0.1, -0.05) is 12.1 Å². The van der Waals surface area contributed by atoms with E-state index < -0.39 is 9.52 Å².